The Labute approximate surface area is 168 Å². The van der Waals surface area contributed by atoms with E-state index < -0.39 is 0 Å². The molecule has 0 aromatic carbocycles. The molecule has 0 aliphatic carbocycles. The number of aliphatic imine (C=N–C) groups is 1. The number of ether oxygens (including phenoxy) is 2. The highest BCUT2D eigenvalue weighted by Crippen LogP contribution is 2.08. The van der Waals surface area contributed by atoms with Crippen LogP contribution in [0.25, 0.3) is 0 Å². The Morgan fingerprint density at radius 3 is 2.92 bits per heavy atom. The largest absolute Gasteiger partial charge is 0.379 e. The van der Waals surface area contributed by atoms with Crippen molar-refractivity contribution in [3.05, 3.63) is 18.2 Å². The van der Waals surface area contributed by atoms with Gasteiger partial charge in [0.1, 0.15) is 5.82 Å². The lowest BCUT2D eigenvalue weighted by Crippen LogP contribution is -2.44. The summed E-state index contributed by atoms with van der Waals surface area (Å²) in [5.74, 6) is 2.36. The van der Waals surface area contributed by atoms with Crippen LogP contribution < -0.4 is 10.6 Å². The van der Waals surface area contributed by atoms with Gasteiger partial charge in [-0.05, 0) is 19.3 Å². The highest BCUT2D eigenvalue weighted by molar-refractivity contribution is 14.0. The maximum atomic E-state index is 5.84. The molecular formula is C17H32IN5O2. The first-order chi connectivity index (χ1) is 11.6. The molecule has 8 heteroatoms. The Bertz CT molecular complexity index is 515. The van der Waals surface area contributed by atoms with Crippen LogP contribution in [0.4, 0.5) is 0 Å². The number of rotatable bonds is 8. The van der Waals surface area contributed by atoms with Gasteiger partial charge < -0.3 is 24.7 Å². The van der Waals surface area contributed by atoms with E-state index in [9.17, 15) is 0 Å². The van der Waals surface area contributed by atoms with Crippen LogP contribution >= 0.6 is 24.0 Å². The molecule has 7 nitrogen and oxygen atoms in total. The van der Waals surface area contributed by atoms with Crippen molar-refractivity contribution < 1.29 is 9.47 Å². The Morgan fingerprint density at radius 2 is 2.28 bits per heavy atom. The second kappa shape index (κ2) is 11.7. The summed E-state index contributed by atoms with van der Waals surface area (Å²) in [4.78, 5) is 8.70. The second-order valence-corrected chi connectivity index (χ2v) is 6.68. The van der Waals surface area contributed by atoms with Crippen LogP contribution in [0, 0.1) is 5.92 Å². The lowest BCUT2D eigenvalue weighted by Gasteiger charge is -2.20. The van der Waals surface area contributed by atoms with Gasteiger partial charge in [0, 0.05) is 38.6 Å². The van der Waals surface area contributed by atoms with Gasteiger partial charge in [0.15, 0.2) is 5.96 Å². The Kier molecular flexibility index (Phi) is 10.4. The van der Waals surface area contributed by atoms with Crippen LogP contribution in [0.1, 0.15) is 33.0 Å². The van der Waals surface area contributed by atoms with Gasteiger partial charge in [-0.2, -0.15) is 0 Å². The summed E-state index contributed by atoms with van der Waals surface area (Å²) in [5.41, 5.74) is 0. The van der Waals surface area contributed by atoms with Crippen LogP contribution in [0.2, 0.25) is 0 Å². The molecule has 0 radical (unpaired) electrons. The van der Waals surface area contributed by atoms with Gasteiger partial charge in [-0.3, -0.25) is 4.99 Å². The Morgan fingerprint density at radius 1 is 1.48 bits per heavy atom. The molecule has 0 amide bonds. The standard InChI is InChI=1S/C17H31N5O2.HI/c1-13(2)10-22-7-6-19-16(22)9-20-17(18-4)21-14(3)11-24-15-5-8-23-12-15;/h6-7,13-15H,5,8-12H2,1-4H3,(H2,18,20,21);1H. The third-order valence-corrected chi connectivity index (χ3v) is 3.85. The highest BCUT2D eigenvalue weighted by Gasteiger charge is 2.17. The number of hydrogen-bond acceptors (Lipinski definition) is 4. The molecule has 25 heavy (non-hydrogen) atoms. The summed E-state index contributed by atoms with van der Waals surface area (Å²) < 4.78 is 13.3. The molecule has 1 fully saturated rings. The molecule has 2 rings (SSSR count). The highest BCUT2D eigenvalue weighted by atomic mass is 127. The van der Waals surface area contributed by atoms with Crippen molar-refractivity contribution in [2.24, 2.45) is 10.9 Å². The summed E-state index contributed by atoms with van der Waals surface area (Å²) >= 11 is 0. The molecule has 2 N–H and O–H groups in total. The van der Waals surface area contributed by atoms with E-state index in [1.807, 2.05) is 12.4 Å². The summed E-state index contributed by atoms with van der Waals surface area (Å²) in [6, 6.07) is 0.173. The fourth-order valence-corrected chi connectivity index (χ4v) is 2.62. The smallest absolute Gasteiger partial charge is 0.191 e. The zero-order valence-corrected chi connectivity index (χ0v) is 18.0. The molecule has 1 aliphatic heterocycles. The first kappa shape index (κ1) is 22.2. The number of halogens is 1. The molecule has 1 aliphatic rings. The van der Waals surface area contributed by atoms with Gasteiger partial charge in [-0.25, -0.2) is 4.98 Å². The minimum atomic E-state index is 0. The third kappa shape index (κ3) is 7.91. The van der Waals surface area contributed by atoms with Gasteiger partial charge in [0.2, 0.25) is 0 Å². The molecule has 0 spiro atoms. The van der Waals surface area contributed by atoms with Crippen molar-refractivity contribution in [1.82, 2.24) is 20.2 Å². The van der Waals surface area contributed by atoms with Crippen LogP contribution in [0.3, 0.4) is 0 Å². The van der Waals surface area contributed by atoms with Gasteiger partial charge in [-0.15, -0.1) is 24.0 Å². The molecule has 0 saturated carbocycles. The van der Waals surface area contributed by atoms with Gasteiger partial charge in [0.05, 0.1) is 25.9 Å². The van der Waals surface area contributed by atoms with Gasteiger partial charge in [0.25, 0.3) is 0 Å². The number of hydrogen-bond donors (Lipinski definition) is 2. The van der Waals surface area contributed by atoms with E-state index in [4.69, 9.17) is 9.47 Å². The predicted octanol–water partition coefficient (Wildman–Crippen LogP) is 2.02. The lowest BCUT2D eigenvalue weighted by molar-refractivity contribution is 0.0347. The van der Waals surface area contributed by atoms with Crippen molar-refractivity contribution in [3.63, 3.8) is 0 Å². The quantitative estimate of drug-likeness (QED) is 0.349. The lowest BCUT2D eigenvalue weighted by atomic mass is 10.2. The van der Waals surface area contributed by atoms with Crippen LogP contribution in [-0.4, -0.2) is 54.5 Å². The van der Waals surface area contributed by atoms with E-state index in [2.05, 4.69) is 45.9 Å². The van der Waals surface area contributed by atoms with E-state index in [0.29, 0.717) is 25.7 Å². The molecule has 2 heterocycles. The number of nitrogens with one attached hydrogen (secondary N) is 2. The number of aromatic nitrogens is 2. The fourth-order valence-electron chi connectivity index (χ4n) is 2.62. The summed E-state index contributed by atoms with van der Waals surface area (Å²) in [5, 5.41) is 6.67. The van der Waals surface area contributed by atoms with Crippen LogP contribution in [-0.2, 0) is 22.6 Å². The minimum Gasteiger partial charge on any atom is -0.379 e. The molecule has 0 bridgehead atoms. The van der Waals surface area contributed by atoms with Crippen molar-refractivity contribution in [1.29, 1.82) is 0 Å². The molecule has 2 unspecified atom stereocenters. The first-order valence-electron chi connectivity index (χ1n) is 8.75. The summed E-state index contributed by atoms with van der Waals surface area (Å²) in [7, 11) is 1.77. The maximum absolute atomic E-state index is 5.84. The monoisotopic (exact) mass is 465 g/mol. The van der Waals surface area contributed by atoms with E-state index in [0.717, 1.165) is 31.4 Å². The number of imidazole rings is 1. The van der Waals surface area contributed by atoms with Gasteiger partial charge >= 0.3 is 0 Å². The zero-order chi connectivity index (χ0) is 17.4. The van der Waals surface area contributed by atoms with Crippen LogP contribution in [0.5, 0.6) is 0 Å². The molecule has 144 valence electrons. The predicted molar refractivity (Wildman–Crippen MR) is 110 cm³/mol. The zero-order valence-electron chi connectivity index (χ0n) is 15.7. The fraction of sp³-hybridized carbons (Fsp3) is 0.765. The molecule has 1 aromatic heterocycles. The maximum Gasteiger partial charge on any atom is 0.191 e. The van der Waals surface area contributed by atoms with Crippen molar-refractivity contribution >= 4 is 29.9 Å². The summed E-state index contributed by atoms with van der Waals surface area (Å²) in [6.07, 6.45) is 5.08. The van der Waals surface area contributed by atoms with Crippen molar-refractivity contribution in [2.45, 2.75) is 52.4 Å². The molecule has 2 atom stereocenters. The SMILES string of the molecule is CN=C(NCc1nccn1CC(C)C)NC(C)COC1CCOC1.I. The summed E-state index contributed by atoms with van der Waals surface area (Å²) in [6.45, 7) is 10.2. The molecular weight excluding hydrogens is 433 g/mol. The van der Waals surface area contributed by atoms with E-state index in [1.54, 1.807) is 7.05 Å². The third-order valence-electron chi connectivity index (χ3n) is 3.85. The average Bonchev–Trinajstić information content (AvgIpc) is 3.20. The number of guanidine groups is 1. The number of nitrogens with zero attached hydrogens (tertiary/aromatic N) is 3. The molecule has 1 aromatic rings. The van der Waals surface area contributed by atoms with E-state index in [1.165, 1.54) is 0 Å². The van der Waals surface area contributed by atoms with Crippen LogP contribution in [0.15, 0.2) is 17.4 Å². The minimum absolute atomic E-state index is 0. The first-order valence-corrected chi connectivity index (χ1v) is 8.75. The van der Waals surface area contributed by atoms with Crippen molar-refractivity contribution in [3.8, 4) is 0 Å². The Balaban J connectivity index is 0.00000312. The van der Waals surface area contributed by atoms with E-state index in [-0.39, 0.29) is 36.1 Å². The normalized spacial score (nSPS) is 18.9. The average molecular weight is 465 g/mol. The Hall–Kier alpha value is -0.870. The topological polar surface area (TPSA) is 72.7 Å². The molecule has 1 saturated heterocycles. The second-order valence-electron chi connectivity index (χ2n) is 6.68. The van der Waals surface area contributed by atoms with Crippen molar-refractivity contribution in [2.75, 3.05) is 26.9 Å². The van der Waals surface area contributed by atoms with Gasteiger partial charge in [-0.1, -0.05) is 13.8 Å². The van der Waals surface area contributed by atoms with E-state index >= 15 is 0 Å².